The van der Waals surface area contributed by atoms with Crippen molar-refractivity contribution in [3.8, 4) is 5.69 Å². The molecule has 3 aromatic heterocycles. The molecule has 15 heteroatoms. The molecule has 1 fully saturated rings. The van der Waals surface area contributed by atoms with Crippen LogP contribution in [0.4, 0.5) is 17.6 Å². The summed E-state index contributed by atoms with van der Waals surface area (Å²) >= 11 is 0. The van der Waals surface area contributed by atoms with Gasteiger partial charge in [-0.05, 0) is 67.1 Å². The molecule has 4 heterocycles. The molecule has 0 radical (unpaired) electrons. The van der Waals surface area contributed by atoms with Gasteiger partial charge in [-0.2, -0.15) is 32.5 Å². The monoisotopic (exact) mass is 589 g/mol. The number of nitrogens with zero attached hydrogens (tertiary/aromatic N) is 7. The molecule has 0 bridgehead atoms. The van der Waals surface area contributed by atoms with E-state index in [1.165, 1.54) is 19.2 Å². The number of sulfonamides is 1. The molecule has 4 aromatic rings. The van der Waals surface area contributed by atoms with Crippen molar-refractivity contribution in [1.29, 1.82) is 0 Å². The van der Waals surface area contributed by atoms with Crippen LogP contribution in [0.5, 0.6) is 0 Å². The van der Waals surface area contributed by atoms with Gasteiger partial charge in [0, 0.05) is 32.0 Å². The van der Waals surface area contributed by atoms with E-state index in [0.717, 1.165) is 33.3 Å². The second kappa shape index (κ2) is 9.55. The Morgan fingerprint density at radius 1 is 1.10 bits per heavy atom. The summed E-state index contributed by atoms with van der Waals surface area (Å²) in [5, 5.41) is 11.9. The number of alkyl halides is 3. The van der Waals surface area contributed by atoms with Gasteiger partial charge in [0.15, 0.2) is 5.78 Å². The van der Waals surface area contributed by atoms with Gasteiger partial charge in [0.25, 0.3) is 10.0 Å². The van der Waals surface area contributed by atoms with Gasteiger partial charge in [0.2, 0.25) is 5.03 Å². The van der Waals surface area contributed by atoms with Gasteiger partial charge in [-0.25, -0.2) is 17.5 Å². The van der Waals surface area contributed by atoms with E-state index in [2.05, 4.69) is 20.3 Å². The Balaban J connectivity index is 1.44. The number of rotatable bonds is 5. The number of hydrogen-bond donors (Lipinski definition) is 0. The summed E-state index contributed by atoms with van der Waals surface area (Å²) < 4.78 is 83.9. The number of pyridine rings is 1. The lowest BCUT2D eigenvalue weighted by Gasteiger charge is -2.48. The summed E-state index contributed by atoms with van der Waals surface area (Å²) in [4.78, 5) is 19.3. The molecule has 214 valence electrons. The van der Waals surface area contributed by atoms with Gasteiger partial charge < -0.3 is 0 Å². The zero-order valence-corrected chi connectivity index (χ0v) is 22.4. The first-order chi connectivity index (χ1) is 19.4. The Morgan fingerprint density at radius 3 is 2.54 bits per heavy atom. The standard InChI is InChI=1S/C26H23F4N7O3S/c1-35-32-14-23(34-35)41(39,40)36-9-7-17-11-22-16(13-33-37(22)20-4-2-19(27)3-5-20)12-25(17,15-36)24(38)21-10-18(6-8-31-21)26(28,29)30/h2-6,8,10,13-14,17H,7,9,11-12,15H2,1H3/t17-,25-/m0/s1. The number of carbonyl (C=O) groups excluding carboxylic acids is 1. The van der Waals surface area contributed by atoms with Gasteiger partial charge in [-0.1, -0.05) is 0 Å². The molecule has 2 aliphatic rings. The minimum atomic E-state index is -4.70. The van der Waals surface area contributed by atoms with Crippen LogP contribution in [0.15, 0.2) is 60.0 Å². The molecule has 0 saturated carbocycles. The number of halogens is 4. The zero-order valence-electron chi connectivity index (χ0n) is 21.6. The molecule has 1 aromatic carbocycles. The van der Waals surface area contributed by atoms with E-state index in [9.17, 15) is 30.8 Å². The third kappa shape index (κ3) is 4.62. The maximum Gasteiger partial charge on any atom is 0.416 e. The second-order valence-electron chi connectivity index (χ2n) is 10.3. The first-order valence-corrected chi connectivity index (χ1v) is 14.1. The SMILES string of the molecule is Cn1ncc(S(=O)(=O)N2CC[C@H]3Cc4c(cnn4-c4ccc(F)cc4)C[C@]3(C(=O)c3cc(C(F)(F)F)ccn3)C2)n1. The van der Waals surface area contributed by atoms with E-state index in [-0.39, 0.29) is 31.0 Å². The van der Waals surface area contributed by atoms with Crippen LogP contribution >= 0.6 is 0 Å². The van der Waals surface area contributed by atoms with Crippen LogP contribution in [0.3, 0.4) is 0 Å². The van der Waals surface area contributed by atoms with Crippen molar-refractivity contribution in [1.82, 2.24) is 34.1 Å². The Hall–Kier alpha value is -3.98. The number of benzene rings is 1. The molecular weight excluding hydrogens is 566 g/mol. The average molecular weight is 590 g/mol. The highest BCUT2D eigenvalue weighted by Crippen LogP contribution is 2.48. The van der Waals surface area contributed by atoms with E-state index in [4.69, 9.17) is 0 Å². The van der Waals surface area contributed by atoms with Crippen LogP contribution in [0.1, 0.15) is 33.7 Å². The fraction of sp³-hybridized carbons (Fsp3) is 0.346. The summed E-state index contributed by atoms with van der Waals surface area (Å²) in [5.41, 5.74) is -0.818. The van der Waals surface area contributed by atoms with Crippen LogP contribution in [-0.2, 0) is 36.1 Å². The molecule has 1 aliphatic heterocycles. The second-order valence-corrected chi connectivity index (χ2v) is 12.2. The summed E-state index contributed by atoms with van der Waals surface area (Å²) in [7, 11) is -2.70. The number of aromatic nitrogens is 6. The molecule has 2 atom stereocenters. The summed E-state index contributed by atoms with van der Waals surface area (Å²) in [6.07, 6.45) is -0.528. The molecular formula is C26H23F4N7O3S. The van der Waals surface area contributed by atoms with Crippen LogP contribution in [0.2, 0.25) is 0 Å². The summed E-state index contributed by atoms with van der Waals surface area (Å²) in [6, 6.07) is 7.23. The van der Waals surface area contributed by atoms with Crippen LogP contribution in [-0.4, -0.2) is 61.4 Å². The Morgan fingerprint density at radius 2 is 1.85 bits per heavy atom. The molecule has 6 rings (SSSR count). The largest absolute Gasteiger partial charge is 0.416 e. The van der Waals surface area contributed by atoms with Crippen molar-refractivity contribution < 1.29 is 30.8 Å². The van der Waals surface area contributed by atoms with Gasteiger partial charge in [-0.3, -0.25) is 9.78 Å². The highest BCUT2D eigenvalue weighted by Gasteiger charge is 2.55. The average Bonchev–Trinajstić information content (AvgIpc) is 3.57. The van der Waals surface area contributed by atoms with Crippen LogP contribution in [0.25, 0.3) is 5.69 Å². The number of hydrogen-bond acceptors (Lipinski definition) is 7. The maximum atomic E-state index is 14.2. The Kier molecular flexibility index (Phi) is 6.33. The minimum Gasteiger partial charge on any atom is -0.292 e. The molecule has 10 nitrogen and oxygen atoms in total. The number of fused-ring (bicyclic) bond motifs is 2. The molecule has 1 saturated heterocycles. The van der Waals surface area contributed by atoms with Crippen molar-refractivity contribution in [2.45, 2.75) is 30.5 Å². The van der Waals surface area contributed by atoms with Crippen molar-refractivity contribution in [2.75, 3.05) is 13.1 Å². The Labute approximate surface area is 231 Å². The lowest BCUT2D eigenvalue weighted by Crippen LogP contribution is -2.57. The van der Waals surface area contributed by atoms with E-state index in [1.807, 2.05) is 0 Å². The number of carbonyl (C=O) groups is 1. The van der Waals surface area contributed by atoms with Crippen LogP contribution in [0, 0.1) is 17.2 Å². The molecule has 0 unspecified atom stereocenters. The normalized spacial score (nSPS) is 21.3. The van der Waals surface area contributed by atoms with E-state index in [0.29, 0.717) is 23.7 Å². The van der Waals surface area contributed by atoms with Crippen molar-refractivity contribution >= 4 is 15.8 Å². The zero-order chi connectivity index (χ0) is 29.2. The fourth-order valence-electron chi connectivity index (χ4n) is 5.85. The first-order valence-electron chi connectivity index (χ1n) is 12.6. The van der Waals surface area contributed by atoms with Gasteiger partial charge in [0.05, 0.1) is 29.1 Å². The van der Waals surface area contributed by atoms with E-state index >= 15 is 0 Å². The molecule has 0 N–H and O–H groups in total. The molecule has 41 heavy (non-hydrogen) atoms. The quantitative estimate of drug-likeness (QED) is 0.259. The highest BCUT2D eigenvalue weighted by atomic mass is 32.2. The summed E-state index contributed by atoms with van der Waals surface area (Å²) in [6.45, 7) is -0.219. The van der Waals surface area contributed by atoms with Crippen molar-refractivity contribution in [3.05, 3.63) is 83.3 Å². The smallest absolute Gasteiger partial charge is 0.292 e. The molecule has 0 amide bonds. The lowest BCUT2D eigenvalue weighted by molar-refractivity contribution is -0.137. The van der Waals surface area contributed by atoms with E-state index < -0.39 is 50.4 Å². The Bertz CT molecular complexity index is 1750. The fourth-order valence-corrected chi connectivity index (χ4v) is 7.27. The predicted octanol–water partition coefficient (Wildman–Crippen LogP) is 3.23. The third-order valence-corrected chi connectivity index (χ3v) is 9.60. The lowest BCUT2D eigenvalue weighted by atomic mass is 9.60. The first kappa shape index (κ1) is 27.2. The molecule has 1 aliphatic carbocycles. The van der Waals surface area contributed by atoms with Gasteiger partial charge in [-0.15, -0.1) is 5.10 Å². The number of Topliss-reactive ketones (excluding diaryl/α,β-unsaturated/α-hetero) is 1. The maximum absolute atomic E-state index is 14.2. The minimum absolute atomic E-state index is 0.0252. The van der Waals surface area contributed by atoms with Gasteiger partial charge >= 0.3 is 6.18 Å². The number of ketones is 1. The summed E-state index contributed by atoms with van der Waals surface area (Å²) in [5.74, 6) is -1.53. The molecule has 0 spiro atoms. The topological polar surface area (TPSA) is 116 Å². The van der Waals surface area contributed by atoms with Crippen molar-refractivity contribution in [3.63, 3.8) is 0 Å². The van der Waals surface area contributed by atoms with Crippen molar-refractivity contribution in [2.24, 2.45) is 18.4 Å². The highest BCUT2D eigenvalue weighted by molar-refractivity contribution is 7.89. The van der Waals surface area contributed by atoms with Gasteiger partial charge in [0.1, 0.15) is 11.5 Å². The van der Waals surface area contributed by atoms with E-state index in [1.54, 1.807) is 23.0 Å². The number of piperidine rings is 1. The third-order valence-electron chi connectivity index (χ3n) is 7.89. The predicted molar refractivity (Wildman–Crippen MR) is 135 cm³/mol. The number of aryl methyl sites for hydroxylation is 1. The van der Waals surface area contributed by atoms with Crippen LogP contribution < -0.4 is 0 Å².